The van der Waals surface area contributed by atoms with Crippen LogP contribution in [0.3, 0.4) is 0 Å². The molecule has 6 heteroatoms. The Morgan fingerprint density at radius 1 is 1.28 bits per heavy atom. The van der Waals surface area contributed by atoms with Crippen molar-refractivity contribution in [1.82, 2.24) is 9.97 Å². The van der Waals surface area contributed by atoms with Gasteiger partial charge in [0.05, 0.1) is 0 Å². The fourth-order valence-electron chi connectivity index (χ4n) is 1.78. The summed E-state index contributed by atoms with van der Waals surface area (Å²) in [4.78, 5) is 28.2. The number of H-pyrrole nitrogens is 1. The number of benzene rings is 1. The van der Waals surface area contributed by atoms with Gasteiger partial charge in [0.15, 0.2) is 0 Å². The zero-order valence-electron chi connectivity index (χ0n) is 9.28. The minimum Gasteiger partial charge on any atom is -0.437 e. The van der Waals surface area contributed by atoms with Crippen LogP contribution in [-0.2, 0) is 0 Å². The van der Waals surface area contributed by atoms with Gasteiger partial charge in [-0.05, 0) is 30.7 Å². The molecule has 90 valence electrons. The van der Waals surface area contributed by atoms with Crippen molar-refractivity contribution >= 4 is 11.0 Å². The molecule has 2 aliphatic rings. The minimum atomic E-state index is -0.769. The smallest absolute Gasteiger partial charge is 0.351 e. The van der Waals surface area contributed by atoms with Gasteiger partial charge in [0, 0.05) is 5.39 Å². The fraction of sp³-hybridized carbons (Fsp3) is 0.0833. The Kier molecular flexibility index (Phi) is 2.07. The number of aromatic amines is 1. The molecule has 0 saturated carbocycles. The van der Waals surface area contributed by atoms with Gasteiger partial charge in [-0.15, -0.1) is 0 Å². The monoisotopic (exact) mass is 246 g/mol. The first kappa shape index (κ1) is 10.6. The second-order valence-corrected chi connectivity index (χ2v) is 3.98. The van der Waals surface area contributed by atoms with E-state index in [1.807, 2.05) is 4.98 Å². The summed E-state index contributed by atoms with van der Waals surface area (Å²) in [6.45, 7) is 1.60. The van der Waals surface area contributed by atoms with Crippen LogP contribution in [0.5, 0.6) is 0 Å². The Morgan fingerprint density at radius 3 is 2.83 bits per heavy atom. The summed E-state index contributed by atoms with van der Waals surface area (Å²) in [6.07, 6.45) is 0. The Morgan fingerprint density at radius 2 is 2.06 bits per heavy atom. The molecule has 0 bridgehead atoms. The van der Waals surface area contributed by atoms with Crippen molar-refractivity contribution in [1.29, 1.82) is 0 Å². The van der Waals surface area contributed by atoms with Gasteiger partial charge in [-0.3, -0.25) is 9.78 Å². The second-order valence-electron chi connectivity index (χ2n) is 3.98. The number of aromatic nitrogens is 2. The van der Waals surface area contributed by atoms with E-state index in [-0.39, 0.29) is 17.3 Å². The predicted molar refractivity (Wildman–Crippen MR) is 62.2 cm³/mol. The van der Waals surface area contributed by atoms with Crippen LogP contribution in [0.2, 0.25) is 0 Å². The highest BCUT2D eigenvalue weighted by atomic mass is 19.1. The quantitative estimate of drug-likeness (QED) is 0.609. The fourth-order valence-corrected chi connectivity index (χ4v) is 1.78. The van der Waals surface area contributed by atoms with E-state index < -0.39 is 11.2 Å². The Balaban J connectivity index is 2.52. The Hall–Kier alpha value is -2.50. The van der Waals surface area contributed by atoms with Crippen LogP contribution in [0.25, 0.3) is 22.4 Å². The molecule has 18 heavy (non-hydrogen) atoms. The molecule has 0 unspecified atom stereocenters. The van der Waals surface area contributed by atoms with Gasteiger partial charge in [0.2, 0.25) is 5.89 Å². The topological polar surface area (TPSA) is 76.0 Å². The third-order valence-electron chi connectivity index (χ3n) is 2.70. The lowest BCUT2D eigenvalue weighted by Crippen LogP contribution is -2.24. The van der Waals surface area contributed by atoms with Crippen LogP contribution in [-0.4, -0.2) is 9.97 Å². The molecule has 2 heterocycles. The number of nitrogens with one attached hydrogen (secondary N) is 1. The van der Waals surface area contributed by atoms with Crippen molar-refractivity contribution in [3.63, 3.8) is 0 Å². The molecule has 1 aromatic rings. The molecular formula is C12H7FN2O3. The normalized spacial score (nSPS) is 11.2. The number of aryl methyl sites for hydroxylation is 1. The van der Waals surface area contributed by atoms with Crippen LogP contribution in [0, 0.1) is 12.7 Å². The molecule has 0 aliphatic carbocycles. The van der Waals surface area contributed by atoms with Crippen molar-refractivity contribution in [2.45, 2.75) is 6.92 Å². The van der Waals surface area contributed by atoms with E-state index in [0.29, 0.717) is 16.5 Å². The number of nitrogens with zero attached hydrogens (tertiary/aromatic N) is 1. The first-order chi connectivity index (χ1) is 8.54. The summed E-state index contributed by atoms with van der Waals surface area (Å²) < 4.78 is 18.8. The summed E-state index contributed by atoms with van der Waals surface area (Å²) in [5.74, 6) is -0.441. The molecule has 0 atom stereocenters. The highest BCUT2D eigenvalue weighted by molar-refractivity contribution is 5.82. The lowest BCUT2D eigenvalue weighted by atomic mass is 10.1. The molecule has 0 aromatic heterocycles. The highest BCUT2D eigenvalue weighted by Crippen LogP contribution is 2.25. The molecule has 0 fully saturated rings. The van der Waals surface area contributed by atoms with E-state index in [0.717, 1.165) is 0 Å². The van der Waals surface area contributed by atoms with Gasteiger partial charge in [-0.2, -0.15) is 4.98 Å². The van der Waals surface area contributed by atoms with Gasteiger partial charge >= 0.3 is 5.69 Å². The first-order valence-electron chi connectivity index (χ1n) is 5.18. The van der Waals surface area contributed by atoms with E-state index in [2.05, 4.69) is 4.98 Å². The van der Waals surface area contributed by atoms with Crippen molar-refractivity contribution in [2.24, 2.45) is 0 Å². The summed E-state index contributed by atoms with van der Waals surface area (Å²) in [5.41, 5.74) is -0.465. The van der Waals surface area contributed by atoms with Crippen LogP contribution in [0.4, 0.5) is 4.39 Å². The minimum absolute atomic E-state index is 0.0535. The van der Waals surface area contributed by atoms with Crippen molar-refractivity contribution < 1.29 is 8.81 Å². The molecule has 5 nitrogen and oxygen atoms in total. The predicted octanol–water partition coefficient (Wildman–Crippen LogP) is 1.43. The molecule has 0 saturated heterocycles. The molecule has 0 spiro atoms. The average Bonchev–Trinajstić information content (AvgIpc) is 2.29. The maximum atomic E-state index is 13.4. The summed E-state index contributed by atoms with van der Waals surface area (Å²) in [5, 5.41) is 0.441. The Bertz CT molecular complexity index is 850. The maximum absolute atomic E-state index is 13.4. The lowest BCUT2D eigenvalue weighted by molar-refractivity contribution is 0.585. The van der Waals surface area contributed by atoms with E-state index in [1.165, 1.54) is 18.2 Å². The molecule has 1 N–H and O–H groups in total. The largest absolute Gasteiger partial charge is 0.437 e. The van der Waals surface area contributed by atoms with Crippen molar-refractivity contribution in [3.05, 3.63) is 50.4 Å². The van der Waals surface area contributed by atoms with Crippen molar-refractivity contribution in [3.8, 4) is 11.5 Å². The van der Waals surface area contributed by atoms with E-state index in [9.17, 15) is 14.0 Å². The molecule has 1 aromatic carbocycles. The van der Waals surface area contributed by atoms with Gasteiger partial charge in [-0.1, -0.05) is 0 Å². The third-order valence-corrected chi connectivity index (χ3v) is 2.70. The molecule has 3 rings (SSSR count). The highest BCUT2D eigenvalue weighted by Gasteiger charge is 2.14. The molecular weight excluding hydrogens is 239 g/mol. The maximum Gasteiger partial charge on any atom is 0.351 e. The van der Waals surface area contributed by atoms with Crippen LogP contribution >= 0.6 is 0 Å². The van der Waals surface area contributed by atoms with E-state index in [4.69, 9.17) is 4.42 Å². The van der Waals surface area contributed by atoms with E-state index >= 15 is 0 Å². The third kappa shape index (κ3) is 1.50. The van der Waals surface area contributed by atoms with E-state index in [1.54, 1.807) is 6.92 Å². The lowest BCUT2D eigenvalue weighted by Gasteiger charge is -2.05. The van der Waals surface area contributed by atoms with Gasteiger partial charge in [0.1, 0.15) is 17.0 Å². The molecule has 0 amide bonds. The number of hydrogen-bond donors (Lipinski definition) is 1. The van der Waals surface area contributed by atoms with Crippen LogP contribution < -0.4 is 11.2 Å². The Labute approximate surface area is 99.2 Å². The zero-order chi connectivity index (χ0) is 12.9. The standard InChI is InChI=1S/C12H7FN2O3/c1-5-2-9-6(4-8(5)13)3-7-10(16)14-12(17)15-11(7)18-9/h2-4H,1H3,(H,14,16,17). The second kappa shape index (κ2) is 3.49. The SMILES string of the molecule is Cc1cc2oc3nc(=O)[nH]c(=O)c-3cc2cc1F. The summed E-state index contributed by atoms with van der Waals surface area (Å²) in [6, 6.07) is 4.22. The summed E-state index contributed by atoms with van der Waals surface area (Å²) >= 11 is 0. The van der Waals surface area contributed by atoms with Crippen LogP contribution in [0.15, 0.2) is 32.2 Å². The van der Waals surface area contributed by atoms with Gasteiger partial charge < -0.3 is 4.42 Å². The number of fused-ring (bicyclic) bond motifs is 2. The van der Waals surface area contributed by atoms with Crippen LogP contribution in [0.1, 0.15) is 5.56 Å². The number of halogens is 1. The number of rotatable bonds is 0. The van der Waals surface area contributed by atoms with Crippen molar-refractivity contribution in [2.75, 3.05) is 0 Å². The molecule has 2 aliphatic heterocycles. The average molecular weight is 246 g/mol. The molecule has 0 radical (unpaired) electrons. The van der Waals surface area contributed by atoms with Gasteiger partial charge in [0.25, 0.3) is 5.56 Å². The van der Waals surface area contributed by atoms with Gasteiger partial charge in [-0.25, -0.2) is 9.18 Å². The first-order valence-corrected chi connectivity index (χ1v) is 5.18. The number of hydrogen-bond acceptors (Lipinski definition) is 4. The zero-order valence-corrected chi connectivity index (χ0v) is 9.28. The summed E-state index contributed by atoms with van der Waals surface area (Å²) in [7, 11) is 0.